The summed E-state index contributed by atoms with van der Waals surface area (Å²) in [5, 5.41) is 13.1. The summed E-state index contributed by atoms with van der Waals surface area (Å²) in [7, 11) is 0. The molecule has 0 atom stereocenters. The number of piperazine rings is 1. The van der Waals surface area contributed by atoms with Gasteiger partial charge in [-0.1, -0.05) is 0 Å². The number of aryl methyl sites for hydroxylation is 1. The summed E-state index contributed by atoms with van der Waals surface area (Å²) in [6.07, 6.45) is 0. The fraction of sp³-hybridized carbons (Fsp3) is 0.412. The van der Waals surface area contributed by atoms with Gasteiger partial charge in [-0.25, -0.2) is 0 Å². The lowest BCUT2D eigenvalue weighted by Crippen LogP contribution is -2.49. The highest BCUT2D eigenvalue weighted by atomic mass is 32.1. The van der Waals surface area contributed by atoms with Crippen molar-refractivity contribution in [2.45, 2.75) is 6.92 Å². The molecule has 122 valence electrons. The van der Waals surface area contributed by atoms with Crippen LogP contribution in [0.1, 0.15) is 16.1 Å². The number of rotatable bonds is 4. The molecule has 2 aromatic heterocycles. The van der Waals surface area contributed by atoms with E-state index in [9.17, 15) is 4.79 Å². The van der Waals surface area contributed by atoms with Gasteiger partial charge in [0.25, 0.3) is 5.91 Å². The predicted octanol–water partition coefficient (Wildman–Crippen LogP) is 1.87. The number of pyridine rings is 1. The number of carbonyl (C=O) groups is 1. The smallest absolute Gasteiger partial charge is 0.255 e. The normalized spacial score (nSPS) is 15.8. The first kappa shape index (κ1) is 16.1. The molecule has 1 fully saturated rings. The standard InChI is InChI=1S/C17H21N3O2S/c1-13-15(2-3-16(18-13)14-4-11-23-12-14)17(22)20-7-5-19(6-8-20)9-10-21/h2-4,11-12,21H,5-10H2,1H3. The molecule has 3 heterocycles. The molecule has 1 N–H and O–H groups in total. The Balaban J connectivity index is 1.71. The van der Waals surface area contributed by atoms with Crippen LogP contribution in [0.5, 0.6) is 0 Å². The van der Waals surface area contributed by atoms with Crippen molar-refractivity contribution in [3.63, 3.8) is 0 Å². The quantitative estimate of drug-likeness (QED) is 0.929. The molecule has 3 rings (SSSR count). The molecule has 0 unspecified atom stereocenters. The van der Waals surface area contributed by atoms with Gasteiger partial charge in [-0.2, -0.15) is 11.3 Å². The third-order valence-corrected chi connectivity index (χ3v) is 4.89. The summed E-state index contributed by atoms with van der Waals surface area (Å²) in [6, 6.07) is 5.84. The molecule has 1 amide bonds. The zero-order valence-corrected chi connectivity index (χ0v) is 14.1. The van der Waals surface area contributed by atoms with E-state index in [1.165, 1.54) is 0 Å². The van der Waals surface area contributed by atoms with Crippen LogP contribution in [-0.2, 0) is 0 Å². The molecular formula is C17H21N3O2S. The number of thiophene rings is 1. The molecule has 2 aromatic rings. The summed E-state index contributed by atoms with van der Waals surface area (Å²) >= 11 is 1.64. The maximum atomic E-state index is 12.7. The molecule has 0 aromatic carbocycles. The predicted molar refractivity (Wildman–Crippen MR) is 91.7 cm³/mol. The van der Waals surface area contributed by atoms with Crippen molar-refractivity contribution < 1.29 is 9.90 Å². The first-order chi connectivity index (χ1) is 11.2. The number of amides is 1. The largest absolute Gasteiger partial charge is 0.395 e. The van der Waals surface area contributed by atoms with E-state index in [1.54, 1.807) is 11.3 Å². The van der Waals surface area contributed by atoms with Gasteiger partial charge in [0.1, 0.15) is 0 Å². The number of aliphatic hydroxyl groups excluding tert-OH is 1. The van der Waals surface area contributed by atoms with Crippen molar-refractivity contribution in [2.75, 3.05) is 39.3 Å². The summed E-state index contributed by atoms with van der Waals surface area (Å²) in [5.74, 6) is 0.0514. The van der Waals surface area contributed by atoms with Crippen LogP contribution in [0.4, 0.5) is 0 Å². The third-order valence-electron chi connectivity index (χ3n) is 4.21. The van der Waals surface area contributed by atoms with E-state index in [0.717, 1.165) is 30.0 Å². The Kier molecular flexibility index (Phi) is 5.05. The van der Waals surface area contributed by atoms with Gasteiger partial charge in [-0.05, 0) is 30.5 Å². The van der Waals surface area contributed by atoms with Gasteiger partial charge in [-0.15, -0.1) is 0 Å². The van der Waals surface area contributed by atoms with Crippen LogP contribution in [0.15, 0.2) is 29.0 Å². The SMILES string of the molecule is Cc1nc(-c2ccsc2)ccc1C(=O)N1CCN(CCO)CC1. The molecule has 0 radical (unpaired) electrons. The Morgan fingerprint density at radius 3 is 2.65 bits per heavy atom. The average molecular weight is 331 g/mol. The molecule has 0 aliphatic carbocycles. The molecule has 1 aliphatic heterocycles. The molecular weight excluding hydrogens is 310 g/mol. The highest BCUT2D eigenvalue weighted by molar-refractivity contribution is 7.08. The minimum absolute atomic E-state index is 0.0514. The number of hydrogen-bond donors (Lipinski definition) is 1. The van der Waals surface area contributed by atoms with E-state index in [4.69, 9.17) is 5.11 Å². The number of carbonyl (C=O) groups excluding carboxylic acids is 1. The second-order valence-corrected chi connectivity index (χ2v) is 6.48. The molecule has 1 saturated heterocycles. The Morgan fingerprint density at radius 1 is 1.26 bits per heavy atom. The van der Waals surface area contributed by atoms with Crippen molar-refractivity contribution in [2.24, 2.45) is 0 Å². The van der Waals surface area contributed by atoms with Crippen LogP contribution in [0.25, 0.3) is 11.3 Å². The van der Waals surface area contributed by atoms with E-state index < -0.39 is 0 Å². The number of aliphatic hydroxyl groups is 1. The van der Waals surface area contributed by atoms with Crippen LogP contribution in [0, 0.1) is 6.92 Å². The van der Waals surface area contributed by atoms with Crippen molar-refractivity contribution in [3.8, 4) is 11.3 Å². The molecule has 1 aliphatic rings. The van der Waals surface area contributed by atoms with Gasteiger partial charge in [0.05, 0.1) is 23.6 Å². The Hall–Kier alpha value is -1.76. The van der Waals surface area contributed by atoms with Gasteiger partial charge in [-0.3, -0.25) is 14.7 Å². The number of nitrogens with zero attached hydrogens (tertiary/aromatic N) is 3. The van der Waals surface area contributed by atoms with Gasteiger partial charge < -0.3 is 10.0 Å². The highest BCUT2D eigenvalue weighted by Crippen LogP contribution is 2.22. The zero-order valence-electron chi connectivity index (χ0n) is 13.2. The second kappa shape index (κ2) is 7.21. The third kappa shape index (κ3) is 3.60. The monoisotopic (exact) mass is 331 g/mol. The Bertz CT molecular complexity index is 664. The summed E-state index contributed by atoms with van der Waals surface area (Å²) in [6.45, 7) is 5.76. The molecule has 5 nitrogen and oxygen atoms in total. The summed E-state index contributed by atoms with van der Waals surface area (Å²) in [4.78, 5) is 21.3. The summed E-state index contributed by atoms with van der Waals surface area (Å²) < 4.78 is 0. The molecule has 23 heavy (non-hydrogen) atoms. The highest BCUT2D eigenvalue weighted by Gasteiger charge is 2.23. The topological polar surface area (TPSA) is 56.7 Å². The minimum Gasteiger partial charge on any atom is -0.395 e. The van der Waals surface area contributed by atoms with Crippen molar-refractivity contribution in [1.82, 2.24) is 14.8 Å². The first-order valence-electron chi connectivity index (χ1n) is 7.82. The van der Waals surface area contributed by atoms with Gasteiger partial charge in [0, 0.05) is 43.7 Å². The zero-order chi connectivity index (χ0) is 16.2. The van der Waals surface area contributed by atoms with Crippen LogP contribution in [0.3, 0.4) is 0 Å². The lowest BCUT2D eigenvalue weighted by molar-refractivity contribution is 0.0614. The van der Waals surface area contributed by atoms with Crippen molar-refractivity contribution in [3.05, 3.63) is 40.2 Å². The fourth-order valence-electron chi connectivity index (χ4n) is 2.84. The fourth-order valence-corrected chi connectivity index (χ4v) is 3.49. The van der Waals surface area contributed by atoms with Crippen LogP contribution in [-0.4, -0.2) is 65.1 Å². The van der Waals surface area contributed by atoms with Crippen molar-refractivity contribution in [1.29, 1.82) is 0 Å². The van der Waals surface area contributed by atoms with E-state index in [2.05, 4.69) is 15.3 Å². The maximum Gasteiger partial charge on any atom is 0.255 e. The molecule has 6 heteroatoms. The van der Waals surface area contributed by atoms with Gasteiger partial charge in [0.15, 0.2) is 0 Å². The molecule has 0 bridgehead atoms. The van der Waals surface area contributed by atoms with E-state index >= 15 is 0 Å². The summed E-state index contributed by atoms with van der Waals surface area (Å²) in [5.41, 5.74) is 3.46. The molecule has 0 spiro atoms. The Labute approximate surface area is 140 Å². The number of hydrogen-bond acceptors (Lipinski definition) is 5. The molecule has 0 saturated carbocycles. The number of aromatic nitrogens is 1. The lowest BCUT2D eigenvalue weighted by Gasteiger charge is -2.34. The minimum atomic E-state index is 0.0514. The van der Waals surface area contributed by atoms with Crippen LogP contribution < -0.4 is 0 Å². The van der Waals surface area contributed by atoms with E-state index in [-0.39, 0.29) is 12.5 Å². The Morgan fingerprint density at radius 2 is 2.04 bits per heavy atom. The van der Waals surface area contributed by atoms with Crippen LogP contribution >= 0.6 is 11.3 Å². The van der Waals surface area contributed by atoms with Crippen LogP contribution in [0.2, 0.25) is 0 Å². The van der Waals surface area contributed by atoms with Gasteiger partial charge >= 0.3 is 0 Å². The second-order valence-electron chi connectivity index (χ2n) is 5.70. The van der Waals surface area contributed by atoms with Crippen molar-refractivity contribution >= 4 is 17.2 Å². The number of β-amino-alcohol motifs (C(OH)–C–C–N with tert-alkyl or cyclic N) is 1. The van der Waals surface area contributed by atoms with Gasteiger partial charge in [0.2, 0.25) is 0 Å². The van der Waals surface area contributed by atoms with E-state index in [1.807, 2.05) is 35.4 Å². The average Bonchev–Trinajstić information content (AvgIpc) is 3.10. The first-order valence-corrected chi connectivity index (χ1v) is 8.76. The lowest BCUT2D eigenvalue weighted by atomic mass is 10.1. The maximum absolute atomic E-state index is 12.7. The van der Waals surface area contributed by atoms with E-state index in [0.29, 0.717) is 25.2 Å².